The van der Waals surface area contributed by atoms with Crippen molar-refractivity contribution in [3.63, 3.8) is 0 Å². The average molecular weight is 342 g/mol. The smallest absolute Gasteiger partial charge is 0.211 e. The summed E-state index contributed by atoms with van der Waals surface area (Å²) in [5.41, 5.74) is 1.43. The van der Waals surface area contributed by atoms with Gasteiger partial charge in [-0.05, 0) is 31.0 Å². The van der Waals surface area contributed by atoms with Gasteiger partial charge in [0, 0.05) is 30.7 Å². The molecule has 2 rings (SSSR count). The SMILES string of the molecule is CCN(C1CCN(c2cc(Cl)ccc2C#N)CC1)S(C)(=O)=O. The lowest BCUT2D eigenvalue weighted by Crippen LogP contribution is -2.47. The van der Waals surface area contributed by atoms with E-state index in [2.05, 4.69) is 11.0 Å². The summed E-state index contributed by atoms with van der Waals surface area (Å²) in [4.78, 5) is 2.11. The average Bonchev–Trinajstić information content (AvgIpc) is 2.47. The van der Waals surface area contributed by atoms with E-state index in [1.165, 1.54) is 6.26 Å². The summed E-state index contributed by atoms with van der Waals surface area (Å²) in [6, 6.07) is 7.44. The maximum atomic E-state index is 11.8. The molecule has 5 nitrogen and oxygen atoms in total. The van der Waals surface area contributed by atoms with Gasteiger partial charge < -0.3 is 4.90 Å². The fraction of sp³-hybridized carbons (Fsp3) is 0.533. The Labute approximate surface area is 137 Å². The molecule has 0 amide bonds. The lowest BCUT2D eigenvalue weighted by Gasteiger charge is -2.38. The normalized spacial score (nSPS) is 16.8. The third kappa shape index (κ3) is 3.72. The van der Waals surface area contributed by atoms with Crippen LogP contribution in [0.5, 0.6) is 0 Å². The maximum absolute atomic E-state index is 11.8. The highest BCUT2D eigenvalue weighted by Gasteiger charge is 2.29. The first-order valence-corrected chi connectivity index (χ1v) is 9.51. The number of anilines is 1. The Morgan fingerprint density at radius 3 is 2.55 bits per heavy atom. The third-order valence-corrected chi connectivity index (χ3v) is 5.67. The molecule has 1 aromatic rings. The minimum absolute atomic E-state index is 0.0287. The van der Waals surface area contributed by atoms with Crippen LogP contribution in [0.2, 0.25) is 5.02 Å². The minimum Gasteiger partial charge on any atom is -0.370 e. The lowest BCUT2D eigenvalue weighted by molar-refractivity contribution is 0.285. The van der Waals surface area contributed by atoms with Gasteiger partial charge in [-0.1, -0.05) is 18.5 Å². The summed E-state index contributed by atoms with van der Waals surface area (Å²) in [5.74, 6) is 0. The number of nitriles is 1. The Hall–Kier alpha value is -1.29. The Morgan fingerprint density at radius 1 is 1.41 bits per heavy atom. The molecule has 1 heterocycles. The van der Waals surface area contributed by atoms with Gasteiger partial charge in [0.2, 0.25) is 10.0 Å². The highest BCUT2D eigenvalue weighted by atomic mass is 35.5. The predicted octanol–water partition coefficient (Wildman–Crippen LogP) is 2.46. The molecule has 0 bridgehead atoms. The largest absolute Gasteiger partial charge is 0.370 e. The van der Waals surface area contributed by atoms with Gasteiger partial charge in [-0.3, -0.25) is 0 Å². The van der Waals surface area contributed by atoms with Gasteiger partial charge in [-0.2, -0.15) is 9.57 Å². The quantitative estimate of drug-likeness (QED) is 0.843. The molecule has 0 saturated carbocycles. The van der Waals surface area contributed by atoms with Crippen LogP contribution >= 0.6 is 11.6 Å². The van der Waals surface area contributed by atoms with Gasteiger partial charge in [0.1, 0.15) is 6.07 Å². The van der Waals surface area contributed by atoms with Crippen LogP contribution in [0.1, 0.15) is 25.3 Å². The number of nitrogens with zero attached hydrogens (tertiary/aromatic N) is 3. The van der Waals surface area contributed by atoms with E-state index in [4.69, 9.17) is 11.6 Å². The molecule has 22 heavy (non-hydrogen) atoms. The number of halogens is 1. The Bertz CT molecular complexity index is 677. The van der Waals surface area contributed by atoms with Crippen molar-refractivity contribution in [2.45, 2.75) is 25.8 Å². The number of piperidine rings is 1. The van der Waals surface area contributed by atoms with Gasteiger partial charge in [-0.15, -0.1) is 0 Å². The van der Waals surface area contributed by atoms with Gasteiger partial charge in [0.15, 0.2) is 0 Å². The zero-order valence-electron chi connectivity index (χ0n) is 12.8. The number of hydrogen-bond donors (Lipinski definition) is 0. The highest BCUT2D eigenvalue weighted by Crippen LogP contribution is 2.28. The summed E-state index contributed by atoms with van der Waals surface area (Å²) < 4.78 is 25.2. The standard InChI is InChI=1S/C15H20ClN3O2S/c1-3-19(22(2,20)21)14-6-8-18(9-7-14)15-10-13(16)5-4-12(15)11-17/h4-5,10,14H,3,6-9H2,1-2H3. The van der Waals surface area contributed by atoms with E-state index in [0.29, 0.717) is 30.2 Å². The van der Waals surface area contributed by atoms with E-state index in [9.17, 15) is 13.7 Å². The first kappa shape index (κ1) is 17.1. The number of rotatable bonds is 4. The fourth-order valence-electron chi connectivity index (χ4n) is 3.02. The van der Waals surface area contributed by atoms with Crippen molar-refractivity contribution in [1.82, 2.24) is 4.31 Å². The van der Waals surface area contributed by atoms with Crippen molar-refractivity contribution in [2.75, 3.05) is 30.8 Å². The molecule has 0 aliphatic carbocycles. The zero-order chi connectivity index (χ0) is 16.3. The second-order valence-corrected chi connectivity index (χ2v) is 7.83. The van der Waals surface area contributed by atoms with Gasteiger partial charge >= 0.3 is 0 Å². The van der Waals surface area contributed by atoms with Crippen LogP contribution in [0.15, 0.2) is 18.2 Å². The van der Waals surface area contributed by atoms with Crippen LogP contribution in [0.25, 0.3) is 0 Å². The Balaban J connectivity index is 2.13. The molecule has 0 radical (unpaired) electrons. The zero-order valence-corrected chi connectivity index (χ0v) is 14.4. The number of hydrogen-bond acceptors (Lipinski definition) is 4. The van der Waals surface area contributed by atoms with E-state index >= 15 is 0 Å². The van der Waals surface area contributed by atoms with Crippen molar-refractivity contribution in [3.8, 4) is 6.07 Å². The molecule has 120 valence electrons. The van der Waals surface area contributed by atoms with Crippen LogP contribution in [0.4, 0.5) is 5.69 Å². The molecule has 7 heteroatoms. The van der Waals surface area contributed by atoms with E-state index in [1.54, 1.807) is 22.5 Å². The van der Waals surface area contributed by atoms with Gasteiger partial charge in [0.25, 0.3) is 0 Å². The second-order valence-electron chi connectivity index (χ2n) is 5.46. The molecule has 1 saturated heterocycles. The molecule has 1 fully saturated rings. The summed E-state index contributed by atoms with van der Waals surface area (Å²) in [7, 11) is -3.17. The van der Waals surface area contributed by atoms with Gasteiger partial charge in [0.05, 0.1) is 17.5 Å². The summed E-state index contributed by atoms with van der Waals surface area (Å²) in [6.07, 6.45) is 2.75. The van der Waals surface area contributed by atoms with Gasteiger partial charge in [-0.25, -0.2) is 8.42 Å². The van der Waals surface area contributed by atoms with E-state index in [-0.39, 0.29) is 6.04 Å². The molecule has 1 aliphatic rings. The molecule has 0 N–H and O–H groups in total. The third-order valence-electron chi connectivity index (χ3n) is 4.03. The first-order valence-electron chi connectivity index (χ1n) is 7.28. The Kier molecular flexibility index (Phi) is 5.32. The fourth-order valence-corrected chi connectivity index (χ4v) is 4.41. The second kappa shape index (κ2) is 6.86. The summed E-state index contributed by atoms with van der Waals surface area (Å²) in [6.45, 7) is 3.78. The van der Waals surface area contributed by atoms with Crippen LogP contribution < -0.4 is 4.90 Å². The number of benzene rings is 1. The lowest BCUT2D eigenvalue weighted by atomic mass is 10.0. The Morgan fingerprint density at radius 2 is 2.05 bits per heavy atom. The topological polar surface area (TPSA) is 64.4 Å². The summed E-state index contributed by atoms with van der Waals surface area (Å²) in [5, 5.41) is 9.82. The molecule has 1 aromatic carbocycles. The molecular formula is C15H20ClN3O2S. The predicted molar refractivity (Wildman–Crippen MR) is 88.6 cm³/mol. The monoisotopic (exact) mass is 341 g/mol. The molecule has 1 aliphatic heterocycles. The minimum atomic E-state index is -3.17. The highest BCUT2D eigenvalue weighted by molar-refractivity contribution is 7.88. The summed E-state index contributed by atoms with van der Waals surface area (Å²) >= 11 is 6.03. The van der Waals surface area contributed by atoms with Crippen molar-refractivity contribution in [1.29, 1.82) is 5.26 Å². The van der Waals surface area contributed by atoms with Crippen molar-refractivity contribution < 1.29 is 8.42 Å². The van der Waals surface area contributed by atoms with Crippen LogP contribution in [-0.2, 0) is 10.0 Å². The van der Waals surface area contributed by atoms with Crippen LogP contribution in [0, 0.1) is 11.3 Å². The molecule has 0 unspecified atom stereocenters. The van der Waals surface area contributed by atoms with E-state index in [1.807, 2.05) is 6.92 Å². The molecule has 0 spiro atoms. The van der Waals surface area contributed by atoms with Crippen molar-refractivity contribution in [2.24, 2.45) is 0 Å². The first-order chi connectivity index (χ1) is 10.4. The van der Waals surface area contributed by atoms with E-state index in [0.717, 1.165) is 18.5 Å². The molecule has 0 aromatic heterocycles. The van der Waals surface area contributed by atoms with Crippen LogP contribution in [0.3, 0.4) is 0 Å². The van der Waals surface area contributed by atoms with E-state index < -0.39 is 10.0 Å². The van der Waals surface area contributed by atoms with Crippen molar-refractivity contribution >= 4 is 27.3 Å². The molecular weight excluding hydrogens is 322 g/mol. The number of sulfonamides is 1. The molecule has 0 atom stereocenters. The van der Waals surface area contributed by atoms with Crippen LogP contribution in [-0.4, -0.2) is 44.7 Å². The maximum Gasteiger partial charge on any atom is 0.211 e. The van der Waals surface area contributed by atoms with Crippen molar-refractivity contribution in [3.05, 3.63) is 28.8 Å².